The van der Waals surface area contributed by atoms with E-state index in [0.717, 1.165) is 0 Å². The lowest BCUT2D eigenvalue weighted by atomic mass is 10.0. The van der Waals surface area contributed by atoms with Crippen LogP contribution in [-0.2, 0) is 14.8 Å². The first-order chi connectivity index (χ1) is 8.51. The topological polar surface area (TPSA) is 54.5 Å². The lowest BCUT2D eigenvalue weighted by molar-refractivity contribution is -0.116. The number of benzene rings is 1. The zero-order valence-corrected chi connectivity index (χ0v) is 11.3. The summed E-state index contributed by atoms with van der Waals surface area (Å²) < 4.78 is 26.0. The molecular weight excluding hydrogens is 274 g/mol. The molecule has 0 radical (unpaired) electrons. The minimum atomic E-state index is -3.51. The molecule has 1 aromatic carbocycles. The first-order valence-corrected chi connectivity index (χ1v) is 7.58. The van der Waals surface area contributed by atoms with Gasteiger partial charge in [-0.15, -0.1) is 0 Å². The van der Waals surface area contributed by atoms with Gasteiger partial charge in [0.25, 0.3) is 0 Å². The van der Waals surface area contributed by atoms with Crippen LogP contribution in [0.15, 0.2) is 35.2 Å². The number of hydrogen-bond donors (Lipinski definition) is 0. The number of nitrogens with zero attached hydrogens (tertiary/aromatic N) is 1. The molecule has 0 N–H and O–H groups in total. The Balaban J connectivity index is 2.23. The van der Waals surface area contributed by atoms with Crippen molar-refractivity contribution < 1.29 is 13.2 Å². The molecule has 18 heavy (non-hydrogen) atoms. The van der Waals surface area contributed by atoms with Crippen LogP contribution < -0.4 is 0 Å². The number of halogens is 1. The summed E-state index contributed by atoms with van der Waals surface area (Å²) in [5.41, 5.74) is 0. The van der Waals surface area contributed by atoms with Crippen molar-refractivity contribution in [3.05, 3.63) is 30.3 Å². The fourth-order valence-corrected chi connectivity index (χ4v) is 3.81. The van der Waals surface area contributed by atoms with E-state index in [1.165, 1.54) is 4.31 Å². The molecule has 1 aromatic rings. The van der Waals surface area contributed by atoms with Gasteiger partial charge in [-0.2, -0.15) is 4.31 Å². The fraction of sp³-hybridized carbons (Fsp3) is 0.417. The molecule has 1 heterocycles. The van der Waals surface area contributed by atoms with Crippen molar-refractivity contribution in [1.29, 1.82) is 0 Å². The lowest BCUT2D eigenvalue weighted by Gasteiger charge is -2.30. The van der Waals surface area contributed by atoms with E-state index in [1.54, 1.807) is 30.3 Å². The Hall–Kier alpha value is -0.910. The van der Waals surface area contributed by atoms with Crippen molar-refractivity contribution in [2.24, 2.45) is 5.92 Å². The van der Waals surface area contributed by atoms with Gasteiger partial charge in [0.05, 0.1) is 4.90 Å². The Morgan fingerprint density at radius 1 is 1.28 bits per heavy atom. The summed E-state index contributed by atoms with van der Waals surface area (Å²) in [7, 11) is -3.51. The summed E-state index contributed by atoms with van der Waals surface area (Å²) in [5.74, 6) is -0.390. The molecule has 1 aliphatic rings. The monoisotopic (exact) mass is 287 g/mol. The Kier molecular flexibility index (Phi) is 4.04. The van der Waals surface area contributed by atoms with Crippen LogP contribution in [0.25, 0.3) is 0 Å². The maximum Gasteiger partial charge on any atom is 0.243 e. The largest absolute Gasteiger partial charge is 0.281 e. The number of hydrogen-bond acceptors (Lipinski definition) is 3. The third-order valence-corrected chi connectivity index (χ3v) is 5.27. The van der Waals surface area contributed by atoms with Crippen molar-refractivity contribution in [2.75, 3.05) is 13.1 Å². The second kappa shape index (κ2) is 5.38. The van der Waals surface area contributed by atoms with Gasteiger partial charge in [0.2, 0.25) is 15.3 Å². The highest BCUT2D eigenvalue weighted by Crippen LogP contribution is 2.24. The summed E-state index contributed by atoms with van der Waals surface area (Å²) >= 11 is 5.46. The van der Waals surface area contributed by atoms with Crippen molar-refractivity contribution in [3.63, 3.8) is 0 Å². The maximum atomic E-state index is 12.3. The molecule has 98 valence electrons. The van der Waals surface area contributed by atoms with Crippen molar-refractivity contribution in [2.45, 2.75) is 17.7 Å². The minimum absolute atomic E-state index is 0.180. The Bertz CT molecular complexity index is 530. The molecule has 1 unspecified atom stereocenters. The van der Waals surface area contributed by atoms with Crippen LogP contribution in [-0.4, -0.2) is 31.1 Å². The first kappa shape index (κ1) is 13.5. The molecule has 0 spiro atoms. The zero-order valence-electron chi connectivity index (χ0n) is 9.75. The zero-order chi connectivity index (χ0) is 13.2. The van der Waals surface area contributed by atoms with E-state index >= 15 is 0 Å². The van der Waals surface area contributed by atoms with Gasteiger partial charge in [-0.1, -0.05) is 18.2 Å². The summed E-state index contributed by atoms with van der Waals surface area (Å²) in [6.07, 6.45) is 1.32. The molecule has 0 bridgehead atoms. The van der Waals surface area contributed by atoms with Crippen LogP contribution >= 0.6 is 11.6 Å². The van der Waals surface area contributed by atoms with Crippen molar-refractivity contribution in [1.82, 2.24) is 4.31 Å². The van der Waals surface area contributed by atoms with E-state index in [-0.39, 0.29) is 17.4 Å². The van der Waals surface area contributed by atoms with Gasteiger partial charge >= 0.3 is 0 Å². The second-order valence-corrected chi connectivity index (χ2v) is 6.63. The van der Waals surface area contributed by atoms with Crippen LogP contribution in [0.3, 0.4) is 0 Å². The van der Waals surface area contributed by atoms with E-state index in [1.807, 2.05) is 0 Å². The van der Waals surface area contributed by atoms with Crippen LogP contribution in [0, 0.1) is 5.92 Å². The molecule has 2 rings (SSSR count). The number of carbonyl (C=O) groups excluding carboxylic acids is 1. The number of sulfonamides is 1. The molecule has 1 saturated heterocycles. The van der Waals surface area contributed by atoms with Crippen molar-refractivity contribution >= 4 is 26.9 Å². The number of rotatable bonds is 3. The van der Waals surface area contributed by atoms with Gasteiger partial charge in [-0.3, -0.25) is 4.79 Å². The van der Waals surface area contributed by atoms with E-state index in [2.05, 4.69) is 0 Å². The average molecular weight is 288 g/mol. The number of piperidine rings is 1. The molecule has 6 heteroatoms. The predicted octanol–water partition coefficient (Wildman–Crippen LogP) is 1.85. The van der Waals surface area contributed by atoms with Gasteiger partial charge in [0, 0.05) is 19.0 Å². The molecule has 1 atom stereocenters. The smallest absolute Gasteiger partial charge is 0.243 e. The van der Waals surface area contributed by atoms with Gasteiger partial charge in [0.1, 0.15) is 0 Å². The predicted molar refractivity (Wildman–Crippen MR) is 68.8 cm³/mol. The molecular formula is C12H14ClNO3S. The lowest BCUT2D eigenvalue weighted by Crippen LogP contribution is -2.41. The van der Waals surface area contributed by atoms with Crippen LogP contribution in [0.4, 0.5) is 0 Å². The maximum absolute atomic E-state index is 12.3. The average Bonchev–Trinajstić information content (AvgIpc) is 2.40. The van der Waals surface area contributed by atoms with Gasteiger partial charge in [-0.25, -0.2) is 8.42 Å². The van der Waals surface area contributed by atoms with E-state index in [4.69, 9.17) is 11.6 Å². The summed E-state index contributed by atoms with van der Waals surface area (Å²) in [6.45, 7) is 0.622. The molecule has 1 fully saturated rings. The van der Waals surface area contributed by atoms with Crippen molar-refractivity contribution in [3.8, 4) is 0 Å². The first-order valence-electron chi connectivity index (χ1n) is 5.76. The van der Waals surface area contributed by atoms with E-state index < -0.39 is 15.3 Å². The summed E-state index contributed by atoms with van der Waals surface area (Å²) in [6, 6.07) is 8.24. The SMILES string of the molecule is O=C(Cl)C1CCCN(S(=O)(=O)c2ccccc2)C1. The van der Waals surface area contributed by atoms with Crippen LogP contribution in [0.2, 0.25) is 0 Å². The highest BCUT2D eigenvalue weighted by Gasteiger charge is 2.32. The number of carbonyl (C=O) groups is 1. The molecule has 0 aliphatic carbocycles. The quantitative estimate of drug-likeness (QED) is 0.797. The van der Waals surface area contributed by atoms with Gasteiger partial charge in [0.15, 0.2) is 0 Å². The van der Waals surface area contributed by atoms with Crippen LogP contribution in [0.5, 0.6) is 0 Å². The third kappa shape index (κ3) is 2.74. The Morgan fingerprint density at radius 2 is 1.94 bits per heavy atom. The second-order valence-electron chi connectivity index (χ2n) is 4.32. The van der Waals surface area contributed by atoms with Gasteiger partial charge in [-0.05, 0) is 36.6 Å². The Morgan fingerprint density at radius 3 is 2.56 bits per heavy atom. The minimum Gasteiger partial charge on any atom is -0.281 e. The normalized spacial score (nSPS) is 21.7. The molecule has 0 amide bonds. The van der Waals surface area contributed by atoms with E-state index in [9.17, 15) is 13.2 Å². The molecule has 1 aliphatic heterocycles. The molecule has 0 aromatic heterocycles. The fourth-order valence-electron chi connectivity index (χ4n) is 2.09. The summed E-state index contributed by atoms with van der Waals surface area (Å²) in [4.78, 5) is 11.4. The third-order valence-electron chi connectivity index (χ3n) is 3.09. The van der Waals surface area contributed by atoms with E-state index in [0.29, 0.717) is 19.4 Å². The highest BCUT2D eigenvalue weighted by atomic mass is 35.5. The van der Waals surface area contributed by atoms with Gasteiger partial charge < -0.3 is 0 Å². The molecule has 0 saturated carbocycles. The van der Waals surface area contributed by atoms with Crippen LogP contribution in [0.1, 0.15) is 12.8 Å². The summed E-state index contributed by atoms with van der Waals surface area (Å²) in [5, 5.41) is -0.456. The molecule has 4 nitrogen and oxygen atoms in total. The standard InChI is InChI=1S/C12H14ClNO3S/c13-12(15)10-5-4-8-14(9-10)18(16,17)11-6-2-1-3-7-11/h1-3,6-7,10H,4-5,8-9H2. The Labute approximate surface area is 112 Å². The highest BCUT2D eigenvalue weighted by molar-refractivity contribution is 7.89.